The molecule has 3 aromatic carbocycles. The predicted molar refractivity (Wildman–Crippen MR) is 135 cm³/mol. The SMILES string of the molecule is Cc1ccc(NC(=O)COc2ccccc2/C=N\NC(=O)C(=O)NCCc2ccccc2)c(C)c1. The first kappa shape index (κ1) is 25.2. The molecule has 3 rings (SSSR count). The number of hydrazone groups is 1. The van der Waals surface area contributed by atoms with Crippen molar-refractivity contribution in [3.63, 3.8) is 0 Å². The van der Waals surface area contributed by atoms with Gasteiger partial charge in [-0.2, -0.15) is 5.10 Å². The fraction of sp³-hybridized carbons (Fsp3) is 0.185. The first-order valence-electron chi connectivity index (χ1n) is 11.2. The number of nitrogens with one attached hydrogen (secondary N) is 3. The Morgan fingerprint density at radius 3 is 2.43 bits per heavy atom. The summed E-state index contributed by atoms with van der Waals surface area (Å²) in [4.78, 5) is 36.2. The third-order valence-electron chi connectivity index (χ3n) is 5.05. The Morgan fingerprint density at radius 2 is 1.66 bits per heavy atom. The maximum Gasteiger partial charge on any atom is 0.329 e. The van der Waals surface area contributed by atoms with E-state index < -0.39 is 11.8 Å². The van der Waals surface area contributed by atoms with E-state index in [0.717, 1.165) is 22.4 Å². The van der Waals surface area contributed by atoms with E-state index in [0.29, 0.717) is 24.3 Å². The molecular formula is C27H28N4O4. The van der Waals surface area contributed by atoms with Gasteiger partial charge in [-0.15, -0.1) is 0 Å². The summed E-state index contributed by atoms with van der Waals surface area (Å²) in [6, 6.07) is 22.3. The summed E-state index contributed by atoms with van der Waals surface area (Å²) in [7, 11) is 0. The topological polar surface area (TPSA) is 109 Å². The lowest BCUT2D eigenvalue weighted by Crippen LogP contribution is -2.38. The van der Waals surface area contributed by atoms with E-state index in [1.54, 1.807) is 24.3 Å². The van der Waals surface area contributed by atoms with Gasteiger partial charge in [0.2, 0.25) is 0 Å². The van der Waals surface area contributed by atoms with Crippen molar-refractivity contribution in [1.29, 1.82) is 0 Å². The quantitative estimate of drug-likeness (QED) is 0.253. The second kappa shape index (κ2) is 12.7. The number of amides is 3. The highest BCUT2D eigenvalue weighted by molar-refractivity contribution is 6.35. The molecule has 0 saturated heterocycles. The van der Waals surface area contributed by atoms with Gasteiger partial charge < -0.3 is 15.4 Å². The molecule has 0 atom stereocenters. The molecule has 3 N–H and O–H groups in total. The Labute approximate surface area is 204 Å². The summed E-state index contributed by atoms with van der Waals surface area (Å²) in [5, 5.41) is 9.22. The predicted octanol–water partition coefficient (Wildman–Crippen LogP) is 3.13. The van der Waals surface area contributed by atoms with Gasteiger partial charge in [0, 0.05) is 17.8 Å². The normalized spacial score (nSPS) is 10.6. The molecule has 180 valence electrons. The number of aryl methyl sites for hydroxylation is 2. The Bertz CT molecular complexity index is 1210. The Morgan fingerprint density at radius 1 is 0.914 bits per heavy atom. The van der Waals surface area contributed by atoms with Crippen molar-refractivity contribution in [1.82, 2.24) is 10.7 Å². The molecule has 0 aromatic heterocycles. The summed E-state index contributed by atoms with van der Waals surface area (Å²) in [5.74, 6) is -1.54. The monoisotopic (exact) mass is 472 g/mol. The zero-order valence-electron chi connectivity index (χ0n) is 19.7. The molecule has 3 amide bonds. The number of hydrogen-bond acceptors (Lipinski definition) is 5. The summed E-state index contributed by atoms with van der Waals surface area (Å²) in [6.07, 6.45) is 1.97. The maximum absolute atomic E-state index is 12.3. The Kier molecular flexibility index (Phi) is 9.13. The number of carbonyl (C=O) groups excluding carboxylic acids is 3. The number of hydrogen-bond donors (Lipinski definition) is 3. The van der Waals surface area contributed by atoms with Crippen LogP contribution in [0, 0.1) is 13.8 Å². The van der Waals surface area contributed by atoms with Crippen molar-refractivity contribution in [2.45, 2.75) is 20.3 Å². The van der Waals surface area contributed by atoms with Gasteiger partial charge in [-0.25, -0.2) is 5.43 Å². The molecule has 0 fully saturated rings. The molecular weight excluding hydrogens is 444 g/mol. The van der Waals surface area contributed by atoms with Crippen LogP contribution in [0.2, 0.25) is 0 Å². The smallest absolute Gasteiger partial charge is 0.329 e. The molecule has 0 saturated carbocycles. The van der Waals surface area contributed by atoms with Gasteiger partial charge in [0.15, 0.2) is 6.61 Å². The highest BCUT2D eigenvalue weighted by Crippen LogP contribution is 2.18. The van der Waals surface area contributed by atoms with Crippen LogP contribution in [0.3, 0.4) is 0 Å². The van der Waals surface area contributed by atoms with E-state index in [9.17, 15) is 14.4 Å². The molecule has 3 aromatic rings. The van der Waals surface area contributed by atoms with Crippen LogP contribution in [0.4, 0.5) is 5.69 Å². The van der Waals surface area contributed by atoms with Gasteiger partial charge in [0.25, 0.3) is 5.91 Å². The lowest BCUT2D eigenvalue weighted by molar-refractivity contribution is -0.139. The molecule has 0 aliphatic carbocycles. The lowest BCUT2D eigenvalue weighted by atomic mass is 10.1. The highest BCUT2D eigenvalue weighted by Gasteiger charge is 2.12. The first-order valence-corrected chi connectivity index (χ1v) is 11.2. The number of nitrogens with zero attached hydrogens (tertiary/aromatic N) is 1. The van der Waals surface area contributed by atoms with Crippen LogP contribution in [-0.2, 0) is 20.8 Å². The molecule has 0 radical (unpaired) electrons. The molecule has 8 nitrogen and oxygen atoms in total. The van der Waals surface area contributed by atoms with Gasteiger partial charge >= 0.3 is 11.8 Å². The molecule has 0 heterocycles. The van der Waals surface area contributed by atoms with Gasteiger partial charge in [-0.1, -0.05) is 60.2 Å². The summed E-state index contributed by atoms with van der Waals surface area (Å²) in [5.41, 5.74) is 6.60. The summed E-state index contributed by atoms with van der Waals surface area (Å²) in [6.45, 7) is 4.04. The number of anilines is 1. The molecule has 8 heteroatoms. The Hall–Kier alpha value is -4.46. The molecule has 0 aliphatic rings. The van der Waals surface area contributed by atoms with Crippen molar-refractivity contribution in [3.8, 4) is 5.75 Å². The van der Waals surface area contributed by atoms with Crippen LogP contribution >= 0.6 is 0 Å². The van der Waals surface area contributed by atoms with E-state index in [2.05, 4.69) is 21.2 Å². The van der Waals surface area contributed by atoms with E-state index in [4.69, 9.17) is 4.74 Å². The third-order valence-corrected chi connectivity index (χ3v) is 5.05. The molecule has 0 bridgehead atoms. The highest BCUT2D eigenvalue weighted by atomic mass is 16.5. The lowest BCUT2D eigenvalue weighted by Gasteiger charge is -2.11. The van der Waals surface area contributed by atoms with Crippen LogP contribution in [0.1, 0.15) is 22.3 Å². The average Bonchev–Trinajstić information content (AvgIpc) is 2.85. The maximum atomic E-state index is 12.3. The number of rotatable bonds is 9. The van der Waals surface area contributed by atoms with Crippen molar-refractivity contribution < 1.29 is 19.1 Å². The van der Waals surface area contributed by atoms with Crippen LogP contribution in [0.25, 0.3) is 0 Å². The Balaban J connectivity index is 1.47. The molecule has 0 spiro atoms. The zero-order chi connectivity index (χ0) is 25.0. The number of benzene rings is 3. The van der Waals surface area contributed by atoms with Gasteiger partial charge in [0.05, 0.1) is 6.21 Å². The largest absolute Gasteiger partial charge is 0.483 e. The third kappa shape index (κ3) is 8.12. The van der Waals surface area contributed by atoms with E-state index >= 15 is 0 Å². The first-order chi connectivity index (χ1) is 16.9. The summed E-state index contributed by atoms with van der Waals surface area (Å²) < 4.78 is 5.64. The van der Waals surface area contributed by atoms with Crippen LogP contribution < -0.4 is 20.8 Å². The fourth-order valence-electron chi connectivity index (χ4n) is 3.26. The van der Waals surface area contributed by atoms with Crippen LogP contribution in [0.15, 0.2) is 77.9 Å². The van der Waals surface area contributed by atoms with E-state index in [-0.39, 0.29) is 12.5 Å². The van der Waals surface area contributed by atoms with Crippen LogP contribution in [-0.4, -0.2) is 37.1 Å². The minimum Gasteiger partial charge on any atom is -0.483 e. The van der Waals surface area contributed by atoms with Crippen LogP contribution in [0.5, 0.6) is 5.75 Å². The van der Waals surface area contributed by atoms with Crippen molar-refractivity contribution in [2.24, 2.45) is 5.10 Å². The second-order valence-corrected chi connectivity index (χ2v) is 7.88. The minimum absolute atomic E-state index is 0.200. The van der Waals surface area contributed by atoms with E-state index in [1.165, 1.54) is 6.21 Å². The number of carbonyl (C=O) groups is 3. The molecule has 0 unspecified atom stereocenters. The average molecular weight is 473 g/mol. The van der Waals surface area contributed by atoms with Crippen molar-refractivity contribution >= 4 is 29.6 Å². The molecule has 35 heavy (non-hydrogen) atoms. The standard InChI is InChI=1S/C27H28N4O4/c1-19-12-13-23(20(2)16-19)30-25(32)18-35-24-11-7-6-10-22(24)17-29-31-27(34)26(33)28-15-14-21-8-4-3-5-9-21/h3-13,16-17H,14-15,18H2,1-2H3,(H,28,33)(H,30,32)(H,31,34)/b29-17-. The second-order valence-electron chi connectivity index (χ2n) is 7.88. The minimum atomic E-state index is -0.874. The zero-order valence-corrected chi connectivity index (χ0v) is 19.7. The fourth-order valence-corrected chi connectivity index (χ4v) is 3.26. The van der Waals surface area contributed by atoms with Crippen molar-refractivity contribution in [3.05, 3.63) is 95.1 Å². The number of ether oxygens (including phenoxy) is 1. The van der Waals surface area contributed by atoms with Gasteiger partial charge in [-0.05, 0) is 49.6 Å². The van der Waals surface area contributed by atoms with Gasteiger partial charge in [0.1, 0.15) is 5.75 Å². The molecule has 0 aliphatic heterocycles. The summed E-state index contributed by atoms with van der Waals surface area (Å²) >= 11 is 0. The van der Waals surface area contributed by atoms with Gasteiger partial charge in [-0.3, -0.25) is 14.4 Å². The van der Waals surface area contributed by atoms with Crippen molar-refractivity contribution in [2.75, 3.05) is 18.5 Å². The van der Waals surface area contributed by atoms with E-state index in [1.807, 2.05) is 62.4 Å². The number of para-hydroxylation sites is 1.